The summed E-state index contributed by atoms with van der Waals surface area (Å²) in [5.41, 5.74) is 1.67. The maximum Gasteiger partial charge on any atom is 0.256 e. The van der Waals surface area contributed by atoms with E-state index in [-0.39, 0.29) is 5.91 Å². The molecule has 0 atom stereocenters. The number of hydrogen-bond acceptors (Lipinski definition) is 2. The molecule has 7 rings (SSSR count). The number of hydrogen-bond donors (Lipinski definition) is 2. The van der Waals surface area contributed by atoms with Crippen LogP contribution in [0.4, 0.5) is 5.69 Å². The second-order valence-electron chi connectivity index (χ2n) is 9.69. The highest BCUT2D eigenvalue weighted by atomic mass is 16.3. The van der Waals surface area contributed by atoms with Crippen molar-refractivity contribution in [2.45, 2.75) is 37.7 Å². The van der Waals surface area contributed by atoms with Crippen molar-refractivity contribution >= 4 is 22.4 Å². The van der Waals surface area contributed by atoms with Crippen molar-refractivity contribution in [1.82, 2.24) is 0 Å². The Labute approximate surface area is 177 Å². The van der Waals surface area contributed by atoms with Crippen molar-refractivity contribution in [2.24, 2.45) is 23.7 Å². The first-order valence-corrected chi connectivity index (χ1v) is 11.2. The summed E-state index contributed by atoms with van der Waals surface area (Å²) in [6.45, 7) is 0. The summed E-state index contributed by atoms with van der Waals surface area (Å²) >= 11 is 0. The smallest absolute Gasteiger partial charge is 0.256 e. The summed E-state index contributed by atoms with van der Waals surface area (Å²) in [5, 5.41) is 17.0. The SMILES string of the molecule is O=C(Nc1cccc(C2(O)C3CC4CC(C3)CC2C4)c1)c1cccc2ccccc12. The quantitative estimate of drug-likeness (QED) is 0.592. The van der Waals surface area contributed by atoms with E-state index in [1.807, 2.05) is 60.7 Å². The van der Waals surface area contributed by atoms with Gasteiger partial charge in [-0.15, -0.1) is 0 Å². The molecule has 0 unspecified atom stereocenters. The van der Waals surface area contributed by atoms with E-state index in [9.17, 15) is 9.90 Å². The van der Waals surface area contributed by atoms with Crippen molar-refractivity contribution in [3.05, 3.63) is 77.9 Å². The van der Waals surface area contributed by atoms with Crippen LogP contribution in [0.15, 0.2) is 66.7 Å². The van der Waals surface area contributed by atoms with Gasteiger partial charge in [0.05, 0.1) is 5.60 Å². The maximum atomic E-state index is 13.1. The monoisotopic (exact) mass is 397 g/mol. The zero-order valence-corrected chi connectivity index (χ0v) is 17.1. The Morgan fingerprint density at radius 1 is 0.833 bits per heavy atom. The molecular formula is C27H27NO2. The lowest BCUT2D eigenvalue weighted by Gasteiger charge is -2.59. The number of carbonyl (C=O) groups excluding carboxylic acids is 1. The molecule has 0 spiro atoms. The molecule has 4 bridgehead atoms. The van der Waals surface area contributed by atoms with E-state index in [1.165, 1.54) is 6.42 Å². The number of anilines is 1. The molecule has 30 heavy (non-hydrogen) atoms. The van der Waals surface area contributed by atoms with Crippen LogP contribution in [-0.4, -0.2) is 11.0 Å². The summed E-state index contributed by atoms with van der Waals surface area (Å²) in [6.07, 6.45) is 5.96. The van der Waals surface area contributed by atoms with Crippen molar-refractivity contribution in [1.29, 1.82) is 0 Å². The van der Waals surface area contributed by atoms with Crippen LogP contribution in [0.5, 0.6) is 0 Å². The molecule has 3 aromatic carbocycles. The Kier molecular flexibility index (Phi) is 4.04. The summed E-state index contributed by atoms with van der Waals surface area (Å²) in [4.78, 5) is 13.1. The van der Waals surface area contributed by atoms with Crippen LogP contribution in [0.25, 0.3) is 10.8 Å². The van der Waals surface area contributed by atoms with Crippen LogP contribution < -0.4 is 5.32 Å². The number of benzene rings is 3. The Bertz CT molecular complexity index is 1100. The van der Waals surface area contributed by atoms with Crippen molar-refractivity contribution < 1.29 is 9.90 Å². The Morgan fingerprint density at radius 2 is 1.50 bits per heavy atom. The molecule has 0 saturated heterocycles. The predicted molar refractivity (Wildman–Crippen MR) is 119 cm³/mol. The van der Waals surface area contributed by atoms with E-state index in [4.69, 9.17) is 0 Å². The number of nitrogens with one attached hydrogen (secondary N) is 1. The highest BCUT2D eigenvalue weighted by molar-refractivity contribution is 6.12. The van der Waals surface area contributed by atoms with Crippen LogP contribution in [0.2, 0.25) is 0 Å². The number of carbonyl (C=O) groups is 1. The molecule has 0 aromatic heterocycles. The second-order valence-corrected chi connectivity index (χ2v) is 9.69. The van der Waals surface area contributed by atoms with E-state index in [0.29, 0.717) is 17.4 Å². The van der Waals surface area contributed by atoms with Crippen LogP contribution >= 0.6 is 0 Å². The Balaban J connectivity index is 1.31. The average Bonchev–Trinajstić information content (AvgIpc) is 2.76. The molecule has 3 heteroatoms. The normalized spacial score (nSPS) is 31.8. The zero-order valence-electron chi connectivity index (χ0n) is 17.1. The lowest BCUT2D eigenvalue weighted by atomic mass is 9.48. The van der Waals surface area contributed by atoms with E-state index in [0.717, 1.165) is 59.5 Å². The number of aliphatic hydroxyl groups is 1. The molecule has 4 fully saturated rings. The standard InChI is InChI=1S/C27H27NO2/c29-26(25-10-3-6-19-5-1-2-9-24(19)25)28-23-8-4-7-20(16-23)27(30)21-12-17-11-18(14-21)15-22(27)13-17/h1-10,16-18,21-22,30H,11-15H2,(H,28,29). The van der Waals surface area contributed by atoms with Crippen LogP contribution in [-0.2, 0) is 5.60 Å². The largest absolute Gasteiger partial charge is 0.385 e. The van der Waals surface area contributed by atoms with Crippen molar-refractivity contribution in [2.75, 3.05) is 5.32 Å². The molecule has 2 N–H and O–H groups in total. The molecule has 152 valence electrons. The van der Waals surface area contributed by atoms with Gasteiger partial charge in [-0.05, 0) is 90.3 Å². The maximum absolute atomic E-state index is 13.1. The fourth-order valence-electron chi connectivity index (χ4n) is 6.84. The van der Waals surface area contributed by atoms with Crippen molar-refractivity contribution in [3.63, 3.8) is 0 Å². The fourth-order valence-corrected chi connectivity index (χ4v) is 6.84. The Hall–Kier alpha value is -2.65. The first kappa shape index (κ1) is 18.1. The van der Waals surface area contributed by atoms with Gasteiger partial charge in [-0.1, -0.05) is 48.5 Å². The van der Waals surface area contributed by atoms with Crippen LogP contribution in [0.3, 0.4) is 0 Å². The third-order valence-corrected chi connectivity index (χ3v) is 8.00. The van der Waals surface area contributed by atoms with E-state index in [1.54, 1.807) is 0 Å². The summed E-state index contributed by atoms with van der Waals surface area (Å²) < 4.78 is 0. The first-order chi connectivity index (χ1) is 14.6. The van der Waals surface area contributed by atoms with Gasteiger partial charge in [0, 0.05) is 11.3 Å². The van der Waals surface area contributed by atoms with Gasteiger partial charge in [-0.2, -0.15) is 0 Å². The van der Waals surface area contributed by atoms with Gasteiger partial charge in [0.15, 0.2) is 0 Å². The first-order valence-electron chi connectivity index (χ1n) is 11.2. The molecule has 3 nitrogen and oxygen atoms in total. The van der Waals surface area contributed by atoms with Gasteiger partial charge in [-0.3, -0.25) is 4.79 Å². The summed E-state index contributed by atoms with van der Waals surface area (Å²) in [7, 11) is 0. The fraction of sp³-hybridized carbons (Fsp3) is 0.370. The van der Waals surface area contributed by atoms with Gasteiger partial charge in [0.2, 0.25) is 0 Å². The van der Waals surface area contributed by atoms with Gasteiger partial charge >= 0.3 is 0 Å². The lowest BCUT2D eigenvalue weighted by Crippen LogP contribution is -2.55. The lowest BCUT2D eigenvalue weighted by molar-refractivity contribution is -0.179. The summed E-state index contributed by atoms with van der Waals surface area (Å²) in [5.74, 6) is 2.22. The molecule has 1 amide bonds. The summed E-state index contributed by atoms with van der Waals surface area (Å²) in [6, 6.07) is 21.7. The van der Waals surface area contributed by atoms with Gasteiger partial charge < -0.3 is 10.4 Å². The Morgan fingerprint density at radius 3 is 2.27 bits per heavy atom. The van der Waals surface area contributed by atoms with Gasteiger partial charge in [0.1, 0.15) is 0 Å². The minimum absolute atomic E-state index is 0.110. The van der Waals surface area contributed by atoms with E-state index < -0.39 is 5.60 Å². The third-order valence-electron chi connectivity index (χ3n) is 8.00. The van der Waals surface area contributed by atoms with Crippen molar-refractivity contribution in [3.8, 4) is 0 Å². The molecule has 3 aromatic rings. The highest BCUT2D eigenvalue weighted by Gasteiger charge is 2.57. The zero-order chi connectivity index (χ0) is 20.3. The number of amides is 1. The van der Waals surface area contributed by atoms with Crippen LogP contribution in [0.1, 0.15) is 48.0 Å². The van der Waals surface area contributed by atoms with E-state index >= 15 is 0 Å². The second kappa shape index (κ2) is 6.68. The minimum Gasteiger partial charge on any atom is -0.385 e. The topological polar surface area (TPSA) is 49.3 Å². The highest BCUT2D eigenvalue weighted by Crippen LogP contribution is 2.61. The molecule has 0 heterocycles. The number of fused-ring (bicyclic) bond motifs is 1. The molecule has 4 aliphatic carbocycles. The number of rotatable bonds is 3. The molecule has 4 saturated carbocycles. The molecule has 0 aliphatic heterocycles. The predicted octanol–water partition coefficient (Wildman–Crippen LogP) is 5.74. The third kappa shape index (κ3) is 2.72. The minimum atomic E-state index is -0.742. The van der Waals surface area contributed by atoms with Gasteiger partial charge in [0.25, 0.3) is 5.91 Å². The average molecular weight is 398 g/mol. The van der Waals surface area contributed by atoms with Gasteiger partial charge in [-0.25, -0.2) is 0 Å². The van der Waals surface area contributed by atoms with Crippen LogP contribution in [0, 0.1) is 23.7 Å². The molecule has 4 aliphatic rings. The molecular weight excluding hydrogens is 370 g/mol. The van der Waals surface area contributed by atoms with E-state index in [2.05, 4.69) is 11.4 Å². The molecule has 0 radical (unpaired) electrons.